The van der Waals surface area contributed by atoms with Crippen molar-refractivity contribution in [1.29, 1.82) is 0 Å². The molecule has 1 saturated heterocycles. The van der Waals surface area contributed by atoms with Crippen LogP contribution in [-0.2, 0) is 23.6 Å². The molecule has 1 saturated carbocycles. The van der Waals surface area contributed by atoms with Crippen molar-refractivity contribution in [3.05, 3.63) is 46.8 Å². The summed E-state index contributed by atoms with van der Waals surface area (Å²) in [6, 6.07) is 3.75. The number of ether oxygens (including phenoxy) is 1. The van der Waals surface area contributed by atoms with Gasteiger partial charge in [-0.15, -0.1) is 0 Å². The first kappa shape index (κ1) is 32.7. The number of pyridine rings is 2. The van der Waals surface area contributed by atoms with E-state index in [1.165, 1.54) is 32.1 Å². The Labute approximate surface area is 261 Å². The number of aromatic nitrogens is 2. The van der Waals surface area contributed by atoms with E-state index in [0.717, 1.165) is 43.4 Å². The smallest absolute Gasteiger partial charge is 0.261 e. The highest BCUT2D eigenvalue weighted by atomic mass is 32.2. The molecule has 0 spiro atoms. The van der Waals surface area contributed by atoms with Crippen LogP contribution < -0.4 is 16.0 Å². The number of rotatable bonds is 17. The highest BCUT2D eigenvalue weighted by molar-refractivity contribution is 7.89. The van der Waals surface area contributed by atoms with Gasteiger partial charge in [-0.3, -0.25) is 14.7 Å². The van der Waals surface area contributed by atoms with Crippen LogP contribution in [0.25, 0.3) is 22.1 Å². The zero-order chi connectivity index (χ0) is 31.1. The van der Waals surface area contributed by atoms with Gasteiger partial charge in [-0.05, 0) is 57.2 Å². The number of nitrogens with zero attached hydrogens (tertiary/aromatic N) is 4. The van der Waals surface area contributed by atoms with Crippen molar-refractivity contribution < 1.29 is 17.6 Å². The molecule has 5 rings (SSSR count). The second kappa shape index (κ2) is 15.0. The normalized spacial score (nSPS) is 18.3. The second-order valence-corrected chi connectivity index (χ2v) is 14.7. The van der Waals surface area contributed by atoms with Crippen molar-refractivity contribution in [1.82, 2.24) is 18.8 Å². The van der Waals surface area contributed by atoms with E-state index in [1.807, 2.05) is 12.1 Å². The lowest BCUT2D eigenvalue weighted by molar-refractivity contribution is 0.114. The van der Waals surface area contributed by atoms with Crippen LogP contribution in [0.5, 0.6) is 5.75 Å². The van der Waals surface area contributed by atoms with Gasteiger partial charge < -0.3 is 19.5 Å². The van der Waals surface area contributed by atoms with Gasteiger partial charge in [0.1, 0.15) is 17.1 Å². The van der Waals surface area contributed by atoms with Gasteiger partial charge in [0.05, 0.1) is 30.5 Å². The summed E-state index contributed by atoms with van der Waals surface area (Å²) in [5.74, 6) is 2.18. The number of nitrogens with two attached hydrogens (primary N) is 1. The molecule has 44 heavy (non-hydrogen) atoms. The molecule has 0 amide bonds. The summed E-state index contributed by atoms with van der Waals surface area (Å²) >= 11 is 0. The number of sulfonamides is 1. The monoisotopic (exact) mass is 627 g/mol. The molecule has 1 aliphatic heterocycles. The molecule has 242 valence electrons. The van der Waals surface area contributed by atoms with Crippen molar-refractivity contribution >= 4 is 21.0 Å². The molecule has 0 unspecified atom stereocenters. The Bertz CT molecular complexity index is 1550. The molecule has 0 radical (unpaired) electrons. The third-order valence-electron chi connectivity index (χ3n) is 8.98. The number of piperazine rings is 1. The van der Waals surface area contributed by atoms with E-state index in [-0.39, 0.29) is 17.4 Å². The SMILES string of the molecule is C[C@@H]1CN(S(=O)(=O)CCCCCCCCCCN)CCN1Cc1cc2c(=O)n(C)cc(-c3ccncc3OCC3CC3)c2o1. The molecule has 1 aliphatic carbocycles. The fourth-order valence-corrected chi connectivity index (χ4v) is 7.68. The summed E-state index contributed by atoms with van der Waals surface area (Å²) < 4.78 is 41.9. The zero-order valence-corrected chi connectivity index (χ0v) is 27.2. The summed E-state index contributed by atoms with van der Waals surface area (Å²) in [6.45, 7) is 5.49. The Morgan fingerprint density at radius 2 is 1.77 bits per heavy atom. The Kier molecular flexibility index (Phi) is 11.2. The van der Waals surface area contributed by atoms with Crippen LogP contribution in [0, 0.1) is 5.92 Å². The van der Waals surface area contributed by atoms with Gasteiger partial charge in [0.25, 0.3) is 5.56 Å². The van der Waals surface area contributed by atoms with E-state index in [2.05, 4.69) is 16.8 Å². The molecule has 0 bridgehead atoms. The quantitative estimate of drug-likeness (QED) is 0.210. The minimum absolute atomic E-state index is 0.0187. The maximum Gasteiger partial charge on any atom is 0.261 e. The predicted molar refractivity (Wildman–Crippen MR) is 174 cm³/mol. The van der Waals surface area contributed by atoms with E-state index in [1.54, 1.807) is 34.5 Å². The molecule has 1 atom stereocenters. The van der Waals surface area contributed by atoms with Gasteiger partial charge in [-0.2, -0.15) is 4.31 Å². The van der Waals surface area contributed by atoms with Crippen molar-refractivity contribution in [2.75, 3.05) is 38.5 Å². The van der Waals surface area contributed by atoms with Crippen LogP contribution >= 0.6 is 0 Å². The summed E-state index contributed by atoms with van der Waals surface area (Å²) in [7, 11) is -1.54. The van der Waals surface area contributed by atoms with Crippen molar-refractivity contribution in [3.8, 4) is 16.9 Å². The van der Waals surface area contributed by atoms with Crippen LogP contribution in [-0.4, -0.2) is 71.8 Å². The number of unbranched alkanes of at least 4 members (excludes halogenated alkanes) is 7. The molecule has 4 heterocycles. The van der Waals surface area contributed by atoms with Gasteiger partial charge in [0, 0.05) is 56.2 Å². The second-order valence-electron chi connectivity index (χ2n) is 12.7. The lowest BCUT2D eigenvalue weighted by Gasteiger charge is -2.38. The van der Waals surface area contributed by atoms with Gasteiger partial charge in [0.15, 0.2) is 0 Å². The molecule has 3 aromatic heterocycles. The molecule has 0 aromatic carbocycles. The average Bonchev–Trinajstić information content (AvgIpc) is 3.75. The molecule has 2 fully saturated rings. The Morgan fingerprint density at radius 3 is 2.48 bits per heavy atom. The Hall–Kier alpha value is -2.73. The van der Waals surface area contributed by atoms with Gasteiger partial charge in [-0.1, -0.05) is 38.5 Å². The maximum atomic E-state index is 13.1. The fraction of sp³-hybridized carbons (Fsp3) is 0.636. The molecule has 10 nitrogen and oxygen atoms in total. The third-order valence-corrected chi connectivity index (χ3v) is 10.9. The lowest BCUT2D eigenvalue weighted by atomic mass is 10.1. The van der Waals surface area contributed by atoms with E-state index in [0.29, 0.717) is 67.6 Å². The Balaban J connectivity index is 1.19. The zero-order valence-electron chi connectivity index (χ0n) is 26.4. The number of hydrogen-bond acceptors (Lipinski definition) is 8. The molecule has 2 N–H and O–H groups in total. The summed E-state index contributed by atoms with van der Waals surface area (Å²) in [4.78, 5) is 19.6. The number of furan rings is 1. The predicted octanol–water partition coefficient (Wildman–Crippen LogP) is 4.90. The molecule has 11 heteroatoms. The van der Waals surface area contributed by atoms with Gasteiger partial charge in [0.2, 0.25) is 10.0 Å². The van der Waals surface area contributed by atoms with Crippen LogP contribution in [0.15, 0.2) is 39.9 Å². The largest absolute Gasteiger partial charge is 0.491 e. The fourth-order valence-electron chi connectivity index (χ4n) is 6.05. The van der Waals surface area contributed by atoms with Crippen LogP contribution in [0.3, 0.4) is 0 Å². The van der Waals surface area contributed by atoms with E-state index >= 15 is 0 Å². The molecule has 2 aliphatic rings. The van der Waals surface area contributed by atoms with E-state index < -0.39 is 10.0 Å². The highest BCUT2D eigenvalue weighted by Gasteiger charge is 2.31. The van der Waals surface area contributed by atoms with Crippen LogP contribution in [0.4, 0.5) is 0 Å². The molecular weight excluding hydrogens is 578 g/mol. The van der Waals surface area contributed by atoms with Crippen molar-refractivity contribution in [2.45, 2.75) is 83.7 Å². The third kappa shape index (κ3) is 8.29. The molecular formula is C33H49N5O5S. The van der Waals surface area contributed by atoms with Crippen molar-refractivity contribution in [2.24, 2.45) is 18.7 Å². The minimum atomic E-state index is -3.29. The molecule has 3 aromatic rings. The number of aryl methyl sites for hydroxylation is 1. The van der Waals surface area contributed by atoms with Gasteiger partial charge in [-0.25, -0.2) is 8.42 Å². The summed E-state index contributed by atoms with van der Waals surface area (Å²) in [6.07, 6.45) is 16.2. The summed E-state index contributed by atoms with van der Waals surface area (Å²) in [5, 5.41) is 0.523. The van der Waals surface area contributed by atoms with Crippen LogP contribution in [0.2, 0.25) is 0 Å². The number of hydrogen-bond donors (Lipinski definition) is 1. The number of fused-ring (bicyclic) bond motifs is 1. The average molecular weight is 628 g/mol. The van der Waals surface area contributed by atoms with E-state index in [4.69, 9.17) is 14.9 Å². The van der Waals surface area contributed by atoms with E-state index in [9.17, 15) is 13.2 Å². The summed E-state index contributed by atoms with van der Waals surface area (Å²) in [5.41, 5.74) is 7.59. The first-order valence-electron chi connectivity index (χ1n) is 16.4. The Morgan fingerprint density at radius 1 is 1.05 bits per heavy atom. The first-order valence-corrected chi connectivity index (χ1v) is 18.0. The topological polar surface area (TPSA) is 124 Å². The minimum Gasteiger partial charge on any atom is -0.491 e. The van der Waals surface area contributed by atoms with Gasteiger partial charge >= 0.3 is 0 Å². The lowest BCUT2D eigenvalue weighted by Crippen LogP contribution is -2.53. The van der Waals surface area contributed by atoms with Crippen LogP contribution in [0.1, 0.15) is 76.9 Å². The van der Waals surface area contributed by atoms with Crippen molar-refractivity contribution in [3.63, 3.8) is 0 Å². The first-order chi connectivity index (χ1) is 21.3. The maximum absolute atomic E-state index is 13.1. The standard InChI is InChI=1S/C33H49N5O5S/c1-25-21-38(44(40,41)18-10-8-6-4-3-5-7-9-14-34)17-16-37(25)22-27-19-29-32(43-27)30(23-36(2)33(29)39)28-13-15-35-20-31(28)42-24-26-11-12-26/h13,15,19-20,23,25-26H,3-12,14,16-18,21-22,24,34H2,1-2H3/t25-/m1/s1. The highest BCUT2D eigenvalue weighted by Crippen LogP contribution is 2.37.